The SMILES string of the molecule is Cc1ccc2c(c1)[C@@H]1C=CC[C@H]1[C@H](c1ccc(N=Cc3ccccc3C)cc1)N2. The summed E-state index contributed by atoms with van der Waals surface area (Å²) in [4.78, 5) is 4.68. The Morgan fingerprint density at radius 1 is 0.966 bits per heavy atom. The molecule has 0 bridgehead atoms. The van der Waals surface area contributed by atoms with Crippen molar-refractivity contribution in [2.45, 2.75) is 32.2 Å². The van der Waals surface area contributed by atoms with Crippen LogP contribution in [0.4, 0.5) is 11.4 Å². The first-order chi connectivity index (χ1) is 14.2. The summed E-state index contributed by atoms with van der Waals surface area (Å²) in [6.45, 7) is 4.29. The number of hydrogen-bond acceptors (Lipinski definition) is 2. The minimum Gasteiger partial charge on any atom is -0.378 e. The summed E-state index contributed by atoms with van der Waals surface area (Å²) in [5.41, 5.74) is 8.79. The molecular weight excluding hydrogens is 352 g/mol. The molecule has 5 rings (SSSR count). The van der Waals surface area contributed by atoms with Crippen LogP contribution in [-0.2, 0) is 0 Å². The van der Waals surface area contributed by atoms with Crippen molar-refractivity contribution in [2.24, 2.45) is 10.9 Å². The summed E-state index contributed by atoms with van der Waals surface area (Å²) in [6.07, 6.45) is 7.83. The predicted molar refractivity (Wildman–Crippen MR) is 122 cm³/mol. The molecule has 0 unspecified atom stereocenters. The smallest absolute Gasteiger partial charge is 0.0630 e. The number of anilines is 1. The van der Waals surface area contributed by atoms with Gasteiger partial charge in [-0.2, -0.15) is 0 Å². The molecule has 0 saturated heterocycles. The summed E-state index contributed by atoms with van der Waals surface area (Å²) in [5, 5.41) is 3.82. The number of nitrogens with zero attached hydrogens (tertiary/aromatic N) is 1. The normalized spacial score (nSPS) is 22.3. The molecule has 0 saturated carbocycles. The number of aryl methyl sites for hydroxylation is 2. The largest absolute Gasteiger partial charge is 0.378 e. The second-order valence-electron chi connectivity index (χ2n) is 8.27. The number of allylic oxidation sites excluding steroid dienone is 2. The average molecular weight is 379 g/mol. The van der Waals surface area contributed by atoms with Crippen LogP contribution in [0.1, 0.15) is 46.2 Å². The number of fused-ring (bicyclic) bond motifs is 3. The van der Waals surface area contributed by atoms with Crippen LogP contribution < -0.4 is 5.32 Å². The highest BCUT2D eigenvalue weighted by atomic mass is 15.0. The van der Waals surface area contributed by atoms with E-state index in [4.69, 9.17) is 0 Å². The first-order valence-corrected chi connectivity index (χ1v) is 10.4. The van der Waals surface area contributed by atoms with Crippen molar-refractivity contribution in [3.8, 4) is 0 Å². The van der Waals surface area contributed by atoms with E-state index in [9.17, 15) is 0 Å². The molecule has 144 valence electrons. The van der Waals surface area contributed by atoms with Crippen LogP contribution in [-0.4, -0.2) is 6.21 Å². The molecule has 3 aromatic rings. The molecule has 0 fully saturated rings. The molecule has 1 aliphatic heterocycles. The molecule has 29 heavy (non-hydrogen) atoms. The van der Waals surface area contributed by atoms with Gasteiger partial charge < -0.3 is 5.32 Å². The maximum Gasteiger partial charge on any atom is 0.0630 e. The molecule has 3 aromatic carbocycles. The minimum absolute atomic E-state index is 0.333. The zero-order valence-electron chi connectivity index (χ0n) is 17.0. The fraction of sp³-hybridized carbons (Fsp3) is 0.222. The number of rotatable bonds is 3. The monoisotopic (exact) mass is 378 g/mol. The van der Waals surface area contributed by atoms with E-state index >= 15 is 0 Å². The number of nitrogens with one attached hydrogen (secondary N) is 1. The third kappa shape index (κ3) is 3.40. The highest BCUT2D eigenvalue weighted by molar-refractivity contribution is 5.83. The van der Waals surface area contributed by atoms with Crippen LogP contribution in [0, 0.1) is 19.8 Å². The van der Waals surface area contributed by atoms with E-state index in [1.54, 1.807) is 0 Å². The molecule has 0 spiro atoms. The van der Waals surface area contributed by atoms with Gasteiger partial charge in [-0.15, -0.1) is 0 Å². The molecule has 2 nitrogen and oxygen atoms in total. The van der Waals surface area contributed by atoms with E-state index in [-0.39, 0.29) is 0 Å². The highest BCUT2D eigenvalue weighted by Crippen LogP contribution is 2.49. The van der Waals surface area contributed by atoms with Crippen LogP contribution in [0.3, 0.4) is 0 Å². The molecule has 0 amide bonds. The summed E-state index contributed by atoms with van der Waals surface area (Å²) < 4.78 is 0. The molecule has 1 heterocycles. The van der Waals surface area contributed by atoms with Gasteiger partial charge in [-0.05, 0) is 66.6 Å². The summed E-state index contributed by atoms with van der Waals surface area (Å²) >= 11 is 0. The minimum atomic E-state index is 0.333. The van der Waals surface area contributed by atoms with Crippen molar-refractivity contribution in [1.82, 2.24) is 0 Å². The van der Waals surface area contributed by atoms with Crippen molar-refractivity contribution >= 4 is 17.6 Å². The van der Waals surface area contributed by atoms with Crippen LogP contribution in [0.15, 0.2) is 83.9 Å². The van der Waals surface area contributed by atoms with E-state index in [1.807, 2.05) is 6.21 Å². The van der Waals surface area contributed by atoms with Gasteiger partial charge in [0.05, 0.1) is 11.7 Å². The maximum absolute atomic E-state index is 4.68. The number of aliphatic imine (C=N–C) groups is 1. The Balaban J connectivity index is 1.40. The van der Waals surface area contributed by atoms with Gasteiger partial charge in [0.1, 0.15) is 0 Å². The van der Waals surface area contributed by atoms with Crippen molar-refractivity contribution in [3.63, 3.8) is 0 Å². The van der Waals surface area contributed by atoms with Crippen molar-refractivity contribution < 1.29 is 0 Å². The molecule has 0 aromatic heterocycles. The molecule has 1 N–H and O–H groups in total. The van der Waals surface area contributed by atoms with E-state index in [0.29, 0.717) is 17.9 Å². The average Bonchev–Trinajstić information content (AvgIpc) is 3.23. The third-order valence-electron chi connectivity index (χ3n) is 6.31. The zero-order valence-corrected chi connectivity index (χ0v) is 17.0. The van der Waals surface area contributed by atoms with Crippen LogP contribution >= 0.6 is 0 Å². The Morgan fingerprint density at radius 3 is 2.62 bits per heavy atom. The van der Waals surface area contributed by atoms with Gasteiger partial charge in [0.15, 0.2) is 0 Å². The van der Waals surface area contributed by atoms with Gasteiger partial charge in [0.2, 0.25) is 0 Å². The van der Waals surface area contributed by atoms with E-state index in [1.165, 1.54) is 27.9 Å². The van der Waals surface area contributed by atoms with E-state index in [0.717, 1.165) is 17.7 Å². The summed E-state index contributed by atoms with van der Waals surface area (Å²) in [7, 11) is 0. The lowest BCUT2D eigenvalue weighted by Gasteiger charge is -2.37. The Hall–Kier alpha value is -3.13. The predicted octanol–water partition coefficient (Wildman–Crippen LogP) is 6.88. The summed E-state index contributed by atoms with van der Waals surface area (Å²) in [6, 6.07) is 24.2. The van der Waals surface area contributed by atoms with Crippen LogP contribution in [0.25, 0.3) is 0 Å². The van der Waals surface area contributed by atoms with Gasteiger partial charge in [-0.3, -0.25) is 4.99 Å². The standard InChI is InChI=1S/C27H26N2/c1-18-10-15-26-25(16-18)23-8-5-9-24(23)27(29-26)20-11-13-22(14-12-20)28-17-21-7-4-3-6-19(21)2/h3-8,10-17,23-24,27,29H,9H2,1-2H3/t23-,24-,27+/m1/s1. The fourth-order valence-corrected chi connectivity index (χ4v) is 4.69. The first-order valence-electron chi connectivity index (χ1n) is 10.4. The quantitative estimate of drug-likeness (QED) is 0.390. The maximum atomic E-state index is 4.68. The number of benzene rings is 3. The Kier molecular flexibility index (Phi) is 4.55. The molecule has 2 heteroatoms. The fourth-order valence-electron chi connectivity index (χ4n) is 4.69. The Labute approximate surface area is 173 Å². The highest BCUT2D eigenvalue weighted by Gasteiger charge is 2.37. The van der Waals surface area contributed by atoms with E-state index < -0.39 is 0 Å². The van der Waals surface area contributed by atoms with Crippen molar-refractivity contribution in [3.05, 3.63) is 107 Å². The second kappa shape index (κ2) is 7.36. The molecule has 2 aliphatic rings. The number of hydrogen-bond donors (Lipinski definition) is 1. The van der Waals surface area contributed by atoms with Gasteiger partial charge in [-0.25, -0.2) is 0 Å². The molecular formula is C27H26N2. The lowest BCUT2D eigenvalue weighted by Crippen LogP contribution is -2.29. The topological polar surface area (TPSA) is 24.4 Å². The van der Waals surface area contributed by atoms with Gasteiger partial charge in [-0.1, -0.05) is 66.2 Å². The Bertz CT molecular complexity index is 1090. The lowest BCUT2D eigenvalue weighted by molar-refractivity contribution is 0.425. The lowest BCUT2D eigenvalue weighted by atomic mass is 9.76. The Morgan fingerprint density at radius 2 is 1.79 bits per heavy atom. The van der Waals surface area contributed by atoms with Crippen LogP contribution in [0.2, 0.25) is 0 Å². The van der Waals surface area contributed by atoms with Crippen molar-refractivity contribution in [2.75, 3.05) is 5.32 Å². The second-order valence-corrected chi connectivity index (χ2v) is 8.27. The van der Waals surface area contributed by atoms with Crippen LogP contribution in [0.5, 0.6) is 0 Å². The third-order valence-corrected chi connectivity index (χ3v) is 6.31. The van der Waals surface area contributed by atoms with Gasteiger partial charge in [0, 0.05) is 17.8 Å². The molecule has 0 radical (unpaired) electrons. The van der Waals surface area contributed by atoms with Crippen molar-refractivity contribution in [1.29, 1.82) is 0 Å². The molecule has 3 atom stereocenters. The zero-order chi connectivity index (χ0) is 19.8. The first kappa shape index (κ1) is 17.9. The van der Waals surface area contributed by atoms with Gasteiger partial charge in [0.25, 0.3) is 0 Å². The van der Waals surface area contributed by atoms with Gasteiger partial charge >= 0.3 is 0 Å². The summed E-state index contributed by atoms with van der Waals surface area (Å²) in [5.74, 6) is 1.08. The van der Waals surface area contributed by atoms with E-state index in [2.05, 4.69) is 103 Å². The molecule has 1 aliphatic carbocycles.